The van der Waals surface area contributed by atoms with E-state index in [1.165, 1.54) is 0 Å². The van der Waals surface area contributed by atoms with E-state index in [0.29, 0.717) is 5.33 Å². The van der Waals surface area contributed by atoms with E-state index in [1.54, 1.807) is 7.11 Å². The standard InChI is InChI=1S/C12H13BrO/c1-9-8-12(14-3)10(2)7-11(9)5-4-6-13/h7-8H,6H2,1-3H3. The molecule has 0 amide bonds. The van der Waals surface area contributed by atoms with Crippen molar-refractivity contribution in [2.75, 3.05) is 12.4 Å². The predicted octanol–water partition coefficient (Wildman–Crippen LogP) is 3.06. The van der Waals surface area contributed by atoms with Crippen molar-refractivity contribution < 1.29 is 4.74 Å². The highest BCUT2D eigenvalue weighted by atomic mass is 79.9. The van der Waals surface area contributed by atoms with Gasteiger partial charge in [0.15, 0.2) is 0 Å². The van der Waals surface area contributed by atoms with E-state index in [2.05, 4.69) is 33.8 Å². The van der Waals surface area contributed by atoms with Gasteiger partial charge in [-0.25, -0.2) is 0 Å². The molecule has 1 aromatic rings. The Bertz CT molecular complexity index is 385. The maximum Gasteiger partial charge on any atom is 0.122 e. The smallest absolute Gasteiger partial charge is 0.122 e. The number of hydrogen-bond donors (Lipinski definition) is 0. The lowest BCUT2D eigenvalue weighted by Gasteiger charge is -2.07. The Morgan fingerprint density at radius 1 is 1.29 bits per heavy atom. The fourth-order valence-corrected chi connectivity index (χ4v) is 1.41. The minimum atomic E-state index is 0.706. The van der Waals surface area contributed by atoms with Crippen LogP contribution in [0.4, 0.5) is 0 Å². The van der Waals surface area contributed by atoms with E-state index in [4.69, 9.17) is 4.74 Å². The van der Waals surface area contributed by atoms with Crippen molar-refractivity contribution >= 4 is 15.9 Å². The molecule has 0 heterocycles. The minimum Gasteiger partial charge on any atom is -0.496 e. The molecule has 0 saturated carbocycles. The molecule has 0 radical (unpaired) electrons. The third-order valence-electron chi connectivity index (χ3n) is 2.03. The SMILES string of the molecule is COc1cc(C)c(C#CCBr)cc1C. The Morgan fingerprint density at radius 2 is 2.00 bits per heavy atom. The molecule has 0 atom stereocenters. The second-order valence-electron chi connectivity index (χ2n) is 3.07. The van der Waals surface area contributed by atoms with E-state index in [1.807, 2.05) is 19.9 Å². The normalized spacial score (nSPS) is 9.14. The number of ether oxygens (including phenoxy) is 1. The van der Waals surface area contributed by atoms with Crippen LogP contribution in [0.15, 0.2) is 12.1 Å². The Morgan fingerprint density at radius 3 is 2.57 bits per heavy atom. The van der Waals surface area contributed by atoms with Crippen LogP contribution < -0.4 is 4.74 Å². The van der Waals surface area contributed by atoms with Gasteiger partial charge in [0.1, 0.15) is 5.75 Å². The van der Waals surface area contributed by atoms with Gasteiger partial charge in [-0.15, -0.1) is 0 Å². The highest BCUT2D eigenvalue weighted by molar-refractivity contribution is 9.09. The number of alkyl halides is 1. The van der Waals surface area contributed by atoms with Gasteiger partial charge in [-0.3, -0.25) is 0 Å². The first-order valence-electron chi connectivity index (χ1n) is 4.39. The van der Waals surface area contributed by atoms with Gasteiger partial charge in [0.2, 0.25) is 0 Å². The first-order chi connectivity index (χ1) is 6.69. The van der Waals surface area contributed by atoms with Gasteiger partial charge < -0.3 is 4.74 Å². The van der Waals surface area contributed by atoms with Gasteiger partial charge in [-0.1, -0.05) is 27.8 Å². The van der Waals surface area contributed by atoms with Crippen LogP contribution in [-0.2, 0) is 0 Å². The van der Waals surface area contributed by atoms with E-state index >= 15 is 0 Å². The number of benzene rings is 1. The Kier molecular flexibility index (Phi) is 4.03. The molecule has 0 unspecified atom stereocenters. The second-order valence-corrected chi connectivity index (χ2v) is 3.63. The average molecular weight is 253 g/mol. The molecule has 0 saturated heterocycles. The zero-order valence-corrected chi connectivity index (χ0v) is 10.2. The molecule has 74 valence electrons. The number of aryl methyl sites for hydroxylation is 2. The summed E-state index contributed by atoms with van der Waals surface area (Å²) in [5.41, 5.74) is 3.35. The van der Waals surface area contributed by atoms with Gasteiger partial charge in [-0.05, 0) is 37.1 Å². The highest BCUT2D eigenvalue weighted by Crippen LogP contribution is 2.21. The van der Waals surface area contributed by atoms with Crippen LogP contribution in [-0.4, -0.2) is 12.4 Å². The van der Waals surface area contributed by atoms with Gasteiger partial charge in [-0.2, -0.15) is 0 Å². The lowest BCUT2D eigenvalue weighted by atomic mass is 10.1. The zero-order chi connectivity index (χ0) is 10.6. The van der Waals surface area contributed by atoms with Crippen molar-refractivity contribution in [1.29, 1.82) is 0 Å². The Balaban J connectivity index is 3.15. The summed E-state index contributed by atoms with van der Waals surface area (Å²) in [6.45, 7) is 4.07. The van der Waals surface area contributed by atoms with Crippen LogP contribution in [0.1, 0.15) is 16.7 Å². The van der Waals surface area contributed by atoms with E-state index in [0.717, 1.165) is 22.4 Å². The van der Waals surface area contributed by atoms with Crippen molar-refractivity contribution in [3.05, 3.63) is 28.8 Å². The summed E-state index contributed by atoms with van der Waals surface area (Å²) < 4.78 is 5.23. The van der Waals surface area contributed by atoms with Crippen molar-refractivity contribution in [3.63, 3.8) is 0 Å². The first kappa shape index (κ1) is 11.1. The molecule has 2 heteroatoms. The molecular weight excluding hydrogens is 240 g/mol. The average Bonchev–Trinajstić information content (AvgIpc) is 2.18. The van der Waals surface area contributed by atoms with Crippen LogP contribution in [0, 0.1) is 25.7 Å². The summed E-state index contributed by atoms with van der Waals surface area (Å²) in [7, 11) is 1.69. The minimum absolute atomic E-state index is 0.706. The maximum absolute atomic E-state index is 5.23. The largest absolute Gasteiger partial charge is 0.496 e. The molecule has 0 bridgehead atoms. The van der Waals surface area contributed by atoms with Crippen molar-refractivity contribution in [2.45, 2.75) is 13.8 Å². The molecule has 14 heavy (non-hydrogen) atoms. The molecule has 0 aliphatic rings. The van der Waals surface area contributed by atoms with Crippen LogP contribution in [0.5, 0.6) is 5.75 Å². The zero-order valence-electron chi connectivity index (χ0n) is 8.65. The number of halogens is 1. The molecular formula is C12H13BrO. The quantitative estimate of drug-likeness (QED) is 0.552. The van der Waals surface area contributed by atoms with Crippen LogP contribution in [0.3, 0.4) is 0 Å². The van der Waals surface area contributed by atoms with Crippen molar-refractivity contribution in [1.82, 2.24) is 0 Å². The molecule has 0 spiro atoms. The van der Waals surface area contributed by atoms with E-state index in [-0.39, 0.29) is 0 Å². The molecule has 1 aromatic carbocycles. The fourth-order valence-electron chi connectivity index (χ4n) is 1.27. The third kappa shape index (κ3) is 2.52. The fraction of sp³-hybridized carbons (Fsp3) is 0.333. The van der Waals surface area contributed by atoms with Crippen molar-refractivity contribution in [3.8, 4) is 17.6 Å². The maximum atomic E-state index is 5.23. The molecule has 0 aromatic heterocycles. The summed E-state index contributed by atoms with van der Waals surface area (Å²) in [5, 5.41) is 0.706. The molecule has 0 aliphatic heterocycles. The summed E-state index contributed by atoms with van der Waals surface area (Å²) in [5.74, 6) is 7.02. The Labute approximate surface area is 93.6 Å². The summed E-state index contributed by atoms with van der Waals surface area (Å²) >= 11 is 3.28. The summed E-state index contributed by atoms with van der Waals surface area (Å²) in [4.78, 5) is 0. The second kappa shape index (κ2) is 5.07. The van der Waals surface area contributed by atoms with Gasteiger partial charge in [0.25, 0.3) is 0 Å². The first-order valence-corrected chi connectivity index (χ1v) is 5.51. The molecule has 1 nitrogen and oxygen atoms in total. The van der Waals surface area contributed by atoms with Gasteiger partial charge in [0.05, 0.1) is 12.4 Å². The number of methoxy groups -OCH3 is 1. The van der Waals surface area contributed by atoms with Crippen LogP contribution in [0.2, 0.25) is 0 Å². The number of rotatable bonds is 1. The van der Waals surface area contributed by atoms with E-state index < -0.39 is 0 Å². The monoisotopic (exact) mass is 252 g/mol. The van der Waals surface area contributed by atoms with Crippen LogP contribution in [0.25, 0.3) is 0 Å². The predicted molar refractivity (Wildman–Crippen MR) is 63.1 cm³/mol. The molecule has 0 N–H and O–H groups in total. The van der Waals surface area contributed by atoms with Gasteiger partial charge >= 0.3 is 0 Å². The Hall–Kier alpha value is -0.940. The van der Waals surface area contributed by atoms with Crippen LogP contribution >= 0.6 is 15.9 Å². The number of hydrogen-bond acceptors (Lipinski definition) is 1. The third-order valence-corrected chi connectivity index (χ3v) is 2.31. The molecule has 0 fully saturated rings. The lowest BCUT2D eigenvalue weighted by molar-refractivity contribution is 0.411. The summed E-state index contributed by atoms with van der Waals surface area (Å²) in [6.07, 6.45) is 0. The topological polar surface area (TPSA) is 9.23 Å². The molecule has 0 aliphatic carbocycles. The highest BCUT2D eigenvalue weighted by Gasteiger charge is 2.02. The van der Waals surface area contributed by atoms with E-state index in [9.17, 15) is 0 Å². The van der Waals surface area contributed by atoms with Gasteiger partial charge in [0, 0.05) is 5.56 Å². The summed E-state index contributed by atoms with van der Waals surface area (Å²) in [6, 6.07) is 4.08. The lowest BCUT2D eigenvalue weighted by Crippen LogP contribution is -1.91. The van der Waals surface area contributed by atoms with Crippen molar-refractivity contribution in [2.24, 2.45) is 0 Å². The molecule has 1 rings (SSSR count).